The van der Waals surface area contributed by atoms with Crippen LogP contribution in [-0.2, 0) is 4.79 Å². The second-order valence-corrected chi connectivity index (χ2v) is 3.95. The average Bonchev–Trinajstić information content (AvgIpc) is 2.28. The Bertz CT molecular complexity index is 438. The molecule has 0 radical (unpaired) electrons. The molecule has 0 aliphatic carbocycles. The maximum absolute atomic E-state index is 10.6. The summed E-state index contributed by atoms with van der Waals surface area (Å²) in [5.41, 5.74) is 0.524. The fourth-order valence-electron chi connectivity index (χ4n) is 1.50. The minimum Gasteiger partial charge on any atom is -0.481 e. The third-order valence-corrected chi connectivity index (χ3v) is 2.36. The number of carboxylic acids is 1. The zero-order chi connectivity index (χ0) is 12.8. The lowest BCUT2D eigenvalue weighted by molar-refractivity contribution is -0.136. The molecule has 0 spiro atoms. The lowest BCUT2D eigenvalue weighted by Gasteiger charge is -2.27. The highest BCUT2D eigenvalue weighted by Crippen LogP contribution is 2.15. The van der Waals surface area contributed by atoms with E-state index in [0.717, 1.165) is 0 Å². The van der Waals surface area contributed by atoms with Crippen LogP contribution >= 0.6 is 0 Å². The lowest BCUT2D eigenvalue weighted by Crippen LogP contribution is -2.33. The molecule has 5 nitrogen and oxygen atoms in total. The monoisotopic (exact) mass is 233 g/mol. The summed E-state index contributed by atoms with van der Waals surface area (Å²) in [6.07, 6.45) is 1.61. The van der Waals surface area contributed by atoms with Gasteiger partial charge in [-0.2, -0.15) is 5.26 Å². The first-order valence-corrected chi connectivity index (χ1v) is 5.39. The first-order valence-electron chi connectivity index (χ1n) is 5.39. The van der Waals surface area contributed by atoms with Gasteiger partial charge in [0.25, 0.3) is 0 Å². The predicted octanol–water partition coefficient (Wildman–Crippen LogP) is 1.64. The fourth-order valence-corrected chi connectivity index (χ4v) is 1.50. The Labute approximate surface area is 100 Å². The van der Waals surface area contributed by atoms with Gasteiger partial charge >= 0.3 is 5.97 Å². The third kappa shape index (κ3) is 3.76. The number of nitriles is 1. The van der Waals surface area contributed by atoms with Gasteiger partial charge in [-0.25, -0.2) is 4.98 Å². The van der Waals surface area contributed by atoms with Gasteiger partial charge in [-0.1, -0.05) is 0 Å². The number of anilines is 1. The van der Waals surface area contributed by atoms with Gasteiger partial charge in [0.2, 0.25) is 0 Å². The summed E-state index contributed by atoms with van der Waals surface area (Å²) in [4.78, 5) is 16.6. The Morgan fingerprint density at radius 1 is 1.65 bits per heavy atom. The zero-order valence-corrected chi connectivity index (χ0v) is 9.92. The highest BCUT2D eigenvalue weighted by atomic mass is 16.4. The maximum Gasteiger partial charge on any atom is 0.305 e. The van der Waals surface area contributed by atoms with Crippen LogP contribution in [0.1, 0.15) is 25.8 Å². The Morgan fingerprint density at radius 3 is 2.88 bits per heavy atom. The van der Waals surface area contributed by atoms with Gasteiger partial charge in [-0.05, 0) is 26.0 Å². The first-order chi connectivity index (χ1) is 8.04. The topological polar surface area (TPSA) is 77.2 Å². The first kappa shape index (κ1) is 13.0. The number of pyridine rings is 1. The molecular formula is C12H15N3O2. The number of aromatic nitrogens is 1. The van der Waals surface area contributed by atoms with Crippen molar-refractivity contribution in [2.75, 3.05) is 11.4 Å². The average molecular weight is 233 g/mol. The van der Waals surface area contributed by atoms with E-state index in [0.29, 0.717) is 17.9 Å². The second-order valence-electron chi connectivity index (χ2n) is 3.95. The molecule has 1 N–H and O–H groups in total. The summed E-state index contributed by atoms with van der Waals surface area (Å²) in [6, 6.07) is 5.47. The van der Waals surface area contributed by atoms with Gasteiger partial charge in [-0.3, -0.25) is 4.79 Å². The molecule has 0 aliphatic rings. The van der Waals surface area contributed by atoms with Crippen LogP contribution in [0, 0.1) is 11.3 Å². The van der Waals surface area contributed by atoms with Gasteiger partial charge in [0, 0.05) is 18.8 Å². The molecule has 90 valence electrons. The maximum atomic E-state index is 10.6. The molecule has 1 aromatic rings. The number of carbonyl (C=O) groups is 1. The summed E-state index contributed by atoms with van der Waals surface area (Å²) in [5, 5.41) is 17.5. The van der Waals surface area contributed by atoms with Crippen LogP contribution in [0.4, 0.5) is 5.82 Å². The van der Waals surface area contributed by atoms with E-state index >= 15 is 0 Å². The fraction of sp³-hybridized carbons (Fsp3) is 0.417. The molecule has 17 heavy (non-hydrogen) atoms. The molecule has 0 saturated heterocycles. The van der Waals surface area contributed by atoms with Crippen LogP contribution in [-0.4, -0.2) is 28.6 Å². The summed E-state index contributed by atoms with van der Waals surface area (Å²) in [5.74, 6) is -0.201. The number of nitrogens with zero attached hydrogens (tertiary/aromatic N) is 3. The van der Waals surface area contributed by atoms with Gasteiger partial charge < -0.3 is 10.0 Å². The summed E-state index contributed by atoms with van der Waals surface area (Å²) < 4.78 is 0. The van der Waals surface area contributed by atoms with E-state index in [2.05, 4.69) is 4.98 Å². The number of aliphatic carboxylic acids is 1. The van der Waals surface area contributed by atoms with E-state index in [-0.39, 0.29) is 12.5 Å². The highest BCUT2D eigenvalue weighted by molar-refractivity contribution is 5.67. The van der Waals surface area contributed by atoms with E-state index in [1.165, 1.54) is 0 Å². The largest absolute Gasteiger partial charge is 0.481 e. The van der Waals surface area contributed by atoms with E-state index in [4.69, 9.17) is 10.4 Å². The summed E-state index contributed by atoms with van der Waals surface area (Å²) >= 11 is 0. The van der Waals surface area contributed by atoms with Crippen molar-refractivity contribution >= 4 is 11.8 Å². The Hall–Kier alpha value is -2.09. The molecule has 0 fully saturated rings. The van der Waals surface area contributed by atoms with Crippen LogP contribution in [0.15, 0.2) is 18.3 Å². The molecule has 1 aromatic heterocycles. The van der Waals surface area contributed by atoms with Crippen molar-refractivity contribution in [1.29, 1.82) is 5.26 Å². The molecule has 0 saturated carbocycles. The van der Waals surface area contributed by atoms with Crippen LogP contribution in [0.3, 0.4) is 0 Å². The molecule has 1 rings (SSSR count). The van der Waals surface area contributed by atoms with E-state index < -0.39 is 5.97 Å². The van der Waals surface area contributed by atoms with Crippen molar-refractivity contribution in [2.24, 2.45) is 0 Å². The van der Waals surface area contributed by atoms with Crippen molar-refractivity contribution in [3.05, 3.63) is 23.9 Å². The minimum absolute atomic E-state index is 0.0522. The molecule has 5 heteroatoms. The van der Waals surface area contributed by atoms with Gasteiger partial charge in [-0.15, -0.1) is 0 Å². The van der Waals surface area contributed by atoms with Crippen molar-refractivity contribution in [1.82, 2.24) is 4.98 Å². The SMILES string of the molecule is CC(C)N(CCC(=O)O)c1cc(C#N)ccn1. The van der Waals surface area contributed by atoms with Gasteiger partial charge in [0.05, 0.1) is 18.1 Å². The van der Waals surface area contributed by atoms with E-state index in [1.54, 1.807) is 18.3 Å². The van der Waals surface area contributed by atoms with Gasteiger partial charge in [0.1, 0.15) is 5.82 Å². The molecule has 0 amide bonds. The van der Waals surface area contributed by atoms with Crippen LogP contribution in [0.2, 0.25) is 0 Å². The molecule has 0 bridgehead atoms. The molecule has 0 aromatic carbocycles. The zero-order valence-electron chi connectivity index (χ0n) is 9.92. The van der Waals surface area contributed by atoms with Crippen LogP contribution < -0.4 is 4.90 Å². The van der Waals surface area contributed by atoms with Crippen molar-refractivity contribution in [3.63, 3.8) is 0 Å². The number of rotatable bonds is 5. The van der Waals surface area contributed by atoms with Gasteiger partial charge in [0.15, 0.2) is 0 Å². The Kier molecular flexibility index (Phi) is 4.46. The highest BCUT2D eigenvalue weighted by Gasteiger charge is 2.13. The van der Waals surface area contributed by atoms with Crippen molar-refractivity contribution < 1.29 is 9.90 Å². The van der Waals surface area contributed by atoms with Crippen LogP contribution in [0.25, 0.3) is 0 Å². The standard InChI is InChI=1S/C12H15N3O2/c1-9(2)15(6-4-12(16)17)11-7-10(8-13)3-5-14-11/h3,5,7,9H,4,6H2,1-2H3,(H,16,17). The second kappa shape index (κ2) is 5.85. The molecular weight excluding hydrogens is 218 g/mol. The third-order valence-electron chi connectivity index (χ3n) is 2.36. The van der Waals surface area contributed by atoms with Crippen molar-refractivity contribution in [2.45, 2.75) is 26.3 Å². The molecule has 0 unspecified atom stereocenters. The number of hydrogen-bond acceptors (Lipinski definition) is 4. The number of carboxylic acid groups (broad SMARTS) is 1. The molecule has 0 aliphatic heterocycles. The van der Waals surface area contributed by atoms with Crippen LogP contribution in [0.5, 0.6) is 0 Å². The van der Waals surface area contributed by atoms with E-state index in [9.17, 15) is 4.79 Å². The number of hydrogen-bond donors (Lipinski definition) is 1. The molecule has 0 atom stereocenters. The Morgan fingerprint density at radius 2 is 2.35 bits per heavy atom. The van der Waals surface area contributed by atoms with E-state index in [1.807, 2.05) is 24.8 Å². The smallest absolute Gasteiger partial charge is 0.305 e. The predicted molar refractivity (Wildman–Crippen MR) is 63.7 cm³/mol. The van der Waals surface area contributed by atoms with Crippen molar-refractivity contribution in [3.8, 4) is 6.07 Å². The summed E-state index contributed by atoms with van der Waals surface area (Å²) in [6.45, 7) is 4.31. The quantitative estimate of drug-likeness (QED) is 0.836. The molecule has 1 heterocycles. The summed E-state index contributed by atoms with van der Waals surface area (Å²) in [7, 11) is 0. The minimum atomic E-state index is -0.841. The normalized spacial score (nSPS) is 10.0. The Balaban J connectivity index is 2.89. The lowest BCUT2D eigenvalue weighted by atomic mass is 10.2.